The van der Waals surface area contributed by atoms with Gasteiger partial charge in [0.2, 0.25) is 0 Å². The van der Waals surface area contributed by atoms with Crippen molar-refractivity contribution in [3.63, 3.8) is 0 Å². The molecule has 0 bridgehead atoms. The number of halogens is 2. The monoisotopic (exact) mass is 568 g/mol. The number of pyridine rings is 1. The van der Waals surface area contributed by atoms with E-state index in [4.69, 9.17) is 9.97 Å². The molecule has 208 valence electrons. The Balaban J connectivity index is 1.09. The SMILES string of the molecule is CC(F)(F)c1cccc(-c2ccccc2NC(=O)c2csc(C3CCN(Cc4ccc5ccccc5n4)CC3)n2)c1. The van der Waals surface area contributed by atoms with Crippen molar-refractivity contribution in [2.45, 2.75) is 38.2 Å². The minimum absolute atomic E-state index is 0.0696. The quantitative estimate of drug-likeness (QED) is 0.216. The molecule has 1 aliphatic rings. The van der Waals surface area contributed by atoms with Crippen LogP contribution in [0.1, 0.15) is 52.4 Å². The lowest BCUT2D eigenvalue weighted by atomic mass is 9.97. The highest BCUT2D eigenvalue weighted by Gasteiger charge is 2.26. The second-order valence-corrected chi connectivity index (χ2v) is 11.5. The van der Waals surface area contributed by atoms with Gasteiger partial charge in [-0.2, -0.15) is 0 Å². The molecule has 8 heteroatoms. The standard InChI is InChI=1S/C33H30F2N4OS/c1-33(34,35)25-9-6-8-24(19-25)27-10-3-5-12-29(27)37-31(40)30-21-41-32(38-30)23-15-17-39(18-16-23)20-26-14-13-22-7-2-4-11-28(22)36-26/h2-14,19,21,23H,15-18,20H2,1H3,(H,37,40). The van der Waals surface area contributed by atoms with Gasteiger partial charge in [0.25, 0.3) is 11.8 Å². The molecule has 5 aromatic rings. The zero-order chi connectivity index (χ0) is 28.4. The number of likely N-dealkylation sites (tertiary alicyclic amines) is 1. The lowest BCUT2D eigenvalue weighted by Gasteiger charge is -2.30. The lowest BCUT2D eigenvalue weighted by molar-refractivity contribution is 0.0175. The fraction of sp³-hybridized carbons (Fsp3) is 0.242. The number of fused-ring (bicyclic) bond motifs is 1. The van der Waals surface area contributed by atoms with Crippen molar-refractivity contribution in [3.8, 4) is 11.1 Å². The molecule has 1 amide bonds. The fourth-order valence-corrected chi connectivity index (χ4v) is 6.30. The molecular weight excluding hydrogens is 538 g/mol. The van der Waals surface area contributed by atoms with Crippen molar-refractivity contribution in [3.05, 3.63) is 112 Å². The maximum absolute atomic E-state index is 13.9. The van der Waals surface area contributed by atoms with E-state index >= 15 is 0 Å². The molecule has 3 aromatic carbocycles. The molecule has 0 unspecified atom stereocenters. The van der Waals surface area contributed by atoms with E-state index in [9.17, 15) is 13.6 Å². The van der Waals surface area contributed by atoms with Gasteiger partial charge in [0.05, 0.1) is 16.2 Å². The van der Waals surface area contributed by atoms with Crippen molar-refractivity contribution < 1.29 is 13.6 Å². The van der Waals surface area contributed by atoms with Crippen LogP contribution in [-0.4, -0.2) is 33.9 Å². The normalized spacial score (nSPS) is 14.8. The molecule has 0 radical (unpaired) electrons. The number of nitrogens with zero attached hydrogens (tertiary/aromatic N) is 3. The number of nitrogens with one attached hydrogen (secondary N) is 1. The predicted molar refractivity (Wildman–Crippen MR) is 161 cm³/mol. The zero-order valence-electron chi connectivity index (χ0n) is 22.7. The first-order valence-electron chi connectivity index (χ1n) is 13.7. The zero-order valence-corrected chi connectivity index (χ0v) is 23.5. The molecular formula is C33H30F2N4OS. The van der Waals surface area contributed by atoms with Crippen molar-refractivity contribution >= 4 is 33.8 Å². The molecule has 2 aromatic heterocycles. The van der Waals surface area contributed by atoms with Crippen LogP contribution in [0.3, 0.4) is 0 Å². The number of benzene rings is 3. The van der Waals surface area contributed by atoms with Crippen LogP contribution in [0.15, 0.2) is 90.3 Å². The van der Waals surface area contributed by atoms with E-state index < -0.39 is 5.92 Å². The Morgan fingerprint density at radius 1 is 0.976 bits per heavy atom. The first kappa shape index (κ1) is 27.2. The highest BCUT2D eigenvalue weighted by atomic mass is 32.1. The van der Waals surface area contributed by atoms with Gasteiger partial charge in [0.15, 0.2) is 0 Å². The van der Waals surface area contributed by atoms with Crippen LogP contribution < -0.4 is 5.32 Å². The number of alkyl halides is 2. The fourth-order valence-electron chi connectivity index (χ4n) is 5.33. The van der Waals surface area contributed by atoms with Crippen molar-refractivity contribution in [1.29, 1.82) is 0 Å². The molecule has 0 spiro atoms. The van der Waals surface area contributed by atoms with E-state index in [1.54, 1.807) is 23.6 Å². The van der Waals surface area contributed by atoms with E-state index in [1.807, 2.05) is 36.4 Å². The number of amides is 1. The molecule has 1 fully saturated rings. The number of piperidine rings is 1. The smallest absolute Gasteiger partial charge is 0.275 e. The van der Waals surface area contributed by atoms with E-state index in [1.165, 1.54) is 23.5 Å². The maximum Gasteiger partial charge on any atom is 0.275 e. The average Bonchev–Trinajstić information content (AvgIpc) is 3.48. The Morgan fingerprint density at radius 3 is 2.59 bits per heavy atom. The number of anilines is 1. The minimum atomic E-state index is -2.95. The van der Waals surface area contributed by atoms with Crippen molar-refractivity contribution in [2.24, 2.45) is 0 Å². The summed E-state index contributed by atoms with van der Waals surface area (Å²) in [5, 5.41) is 6.88. The molecule has 3 heterocycles. The molecule has 5 nitrogen and oxygen atoms in total. The number of rotatable bonds is 7. The third-order valence-corrected chi connectivity index (χ3v) is 8.60. The molecule has 41 heavy (non-hydrogen) atoms. The summed E-state index contributed by atoms with van der Waals surface area (Å²) in [5.41, 5.74) is 4.24. The first-order chi connectivity index (χ1) is 19.8. The van der Waals surface area contributed by atoms with Gasteiger partial charge in [0.1, 0.15) is 5.69 Å². The third-order valence-electron chi connectivity index (χ3n) is 7.59. The number of hydrogen-bond donors (Lipinski definition) is 1. The van der Waals surface area contributed by atoms with E-state index in [0.717, 1.165) is 61.0 Å². The van der Waals surface area contributed by atoms with Crippen LogP contribution in [0, 0.1) is 0 Å². The van der Waals surface area contributed by atoms with Crippen molar-refractivity contribution in [2.75, 3.05) is 18.4 Å². The van der Waals surface area contributed by atoms with Gasteiger partial charge in [0, 0.05) is 47.0 Å². The van der Waals surface area contributed by atoms with Crippen molar-refractivity contribution in [1.82, 2.24) is 14.9 Å². The summed E-state index contributed by atoms with van der Waals surface area (Å²) >= 11 is 1.52. The minimum Gasteiger partial charge on any atom is -0.320 e. The van der Waals surface area contributed by atoms with Crippen LogP contribution >= 0.6 is 11.3 Å². The number of para-hydroxylation sites is 2. The molecule has 0 saturated carbocycles. The second-order valence-electron chi connectivity index (χ2n) is 10.6. The van der Waals surface area contributed by atoms with E-state index in [2.05, 4.69) is 28.4 Å². The predicted octanol–water partition coefficient (Wildman–Crippen LogP) is 8.10. The first-order valence-corrected chi connectivity index (χ1v) is 14.6. The maximum atomic E-state index is 13.9. The summed E-state index contributed by atoms with van der Waals surface area (Å²) in [4.78, 5) is 25.1. The summed E-state index contributed by atoms with van der Waals surface area (Å²) in [6, 6.07) is 25.9. The van der Waals surface area contributed by atoms with E-state index in [-0.39, 0.29) is 11.5 Å². The summed E-state index contributed by atoms with van der Waals surface area (Å²) in [5.74, 6) is -2.95. The lowest BCUT2D eigenvalue weighted by Crippen LogP contribution is -2.32. The summed E-state index contributed by atoms with van der Waals surface area (Å²) < 4.78 is 27.9. The van der Waals surface area contributed by atoms with Gasteiger partial charge in [-0.3, -0.25) is 14.7 Å². The van der Waals surface area contributed by atoms with Gasteiger partial charge in [-0.25, -0.2) is 13.8 Å². The molecule has 0 atom stereocenters. The molecule has 1 aliphatic heterocycles. The Kier molecular flexibility index (Phi) is 7.60. The van der Waals surface area contributed by atoms with Gasteiger partial charge in [-0.15, -0.1) is 11.3 Å². The Morgan fingerprint density at radius 2 is 1.76 bits per heavy atom. The van der Waals surface area contributed by atoms with Crippen LogP contribution in [0.5, 0.6) is 0 Å². The molecule has 1 N–H and O–H groups in total. The Hall–Kier alpha value is -4.01. The number of thiazole rings is 1. The third kappa shape index (κ3) is 6.19. The Bertz CT molecular complexity index is 1690. The highest BCUT2D eigenvalue weighted by molar-refractivity contribution is 7.10. The Labute approximate surface area is 241 Å². The summed E-state index contributed by atoms with van der Waals surface area (Å²) in [6.07, 6.45) is 1.95. The highest BCUT2D eigenvalue weighted by Crippen LogP contribution is 2.34. The number of aromatic nitrogens is 2. The molecule has 0 aliphatic carbocycles. The van der Waals surface area contributed by atoms with E-state index in [0.29, 0.717) is 28.4 Å². The van der Waals surface area contributed by atoms with Crippen LogP contribution in [0.4, 0.5) is 14.5 Å². The average molecular weight is 569 g/mol. The van der Waals surface area contributed by atoms with Crippen LogP contribution in [-0.2, 0) is 12.5 Å². The number of hydrogen-bond acceptors (Lipinski definition) is 5. The second kappa shape index (κ2) is 11.5. The summed E-state index contributed by atoms with van der Waals surface area (Å²) in [6.45, 7) is 3.60. The van der Waals surface area contributed by atoms with Crippen LogP contribution in [0.2, 0.25) is 0 Å². The topological polar surface area (TPSA) is 58.1 Å². The summed E-state index contributed by atoms with van der Waals surface area (Å²) in [7, 11) is 0. The van der Waals surface area contributed by atoms with Gasteiger partial charge < -0.3 is 5.32 Å². The van der Waals surface area contributed by atoms with Crippen LogP contribution in [0.25, 0.3) is 22.0 Å². The molecule has 6 rings (SSSR count). The number of carbonyl (C=O) groups is 1. The van der Waals surface area contributed by atoms with Gasteiger partial charge >= 0.3 is 0 Å². The number of carbonyl (C=O) groups excluding carboxylic acids is 1. The molecule has 1 saturated heterocycles. The van der Waals surface area contributed by atoms with Gasteiger partial charge in [-0.05, 0) is 55.8 Å². The largest absolute Gasteiger partial charge is 0.320 e. The van der Waals surface area contributed by atoms with Gasteiger partial charge in [-0.1, -0.05) is 60.7 Å².